The van der Waals surface area contributed by atoms with Gasteiger partial charge in [0.2, 0.25) is 23.6 Å². The molecule has 4 unspecified atom stereocenters. The SMILES string of the molecule is C.COC(=O)CBr.COC(=O)COc1cccc2c1c1c(n2Cc2ccccc2)CCCCC1CC(N)=O.NC(=O)CC1CCCCc2c1c1c(O)cccc1n2Cc1ccccc1.NC(=O)CC1CCCCc2c1c1c(OCC(=O)O)cccc1n2Cc1ccccc1.NC(=O)CC1CCCCc2c1c1c(OCC(=O)[O-])cccc1n2Cc1ccccc1.O=CO[O-].[Cs+].[Cs+].[H-].[Na+].[Na+].[OH-]. The number of halogens is 1. The number of aromatic hydroxyl groups is 1. The summed E-state index contributed by atoms with van der Waals surface area (Å²) < 4.78 is 35.4. The Morgan fingerprint density at radius 3 is 0.925 bits per heavy atom. The van der Waals surface area contributed by atoms with Gasteiger partial charge in [0.1, 0.15) is 34.9 Å². The summed E-state index contributed by atoms with van der Waals surface area (Å²) in [6, 6.07) is 64.2. The summed E-state index contributed by atoms with van der Waals surface area (Å²) >= 11 is 2.90. The third kappa shape index (κ3) is 32.0. The normalized spacial score (nSPS) is 14.8. The molecule has 0 saturated carbocycles. The van der Waals surface area contributed by atoms with Crippen LogP contribution in [0.1, 0.15) is 203 Å². The second-order valence-electron chi connectivity index (χ2n) is 31.9. The number of carbonyl (C=O) groups excluding carboxylic acids is 8. The van der Waals surface area contributed by atoms with Gasteiger partial charge in [-0.1, -0.05) is 195 Å². The van der Waals surface area contributed by atoms with Crippen molar-refractivity contribution >= 4 is 114 Å². The van der Waals surface area contributed by atoms with Crippen molar-refractivity contribution in [2.75, 3.05) is 39.4 Å². The maximum Gasteiger partial charge on any atom is 1.00 e. The number of benzene rings is 8. The number of methoxy groups -OCH3 is 2. The molecule has 4 amide bonds. The second kappa shape index (κ2) is 59.2. The number of primary amides is 4. The minimum atomic E-state index is -1.27. The van der Waals surface area contributed by atoms with E-state index >= 15 is 0 Å². The fourth-order valence-corrected chi connectivity index (χ4v) is 18.7. The molecule has 11 N–H and O–H groups in total. The smallest absolute Gasteiger partial charge is 1.00 e. The third-order valence-electron chi connectivity index (χ3n) is 23.5. The van der Waals surface area contributed by atoms with E-state index in [4.69, 9.17) is 57.0 Å². The number of nitrogens with two attached hydrogens (primary N) is 4. The molecular formula is C100H115BrCs2N8Na2O20. The number of ether oxygens (including phenoxy) is 5. The molecular weight excluding hydrogens is 2020 g/mol. The molecule has 33 heteroatoms. The summed E-state index contributed by atoms with van der Waals surface area (Å²) in [6.45, 7) is 1.64. The first-order chi connectivity index (χ1) is 61.5. The molecule has 0 bridgehead atoms. The number of rotatable bonds is 27. The number of fused-ring (bicyclic) bond motifs is 12. The Bertz CT molecular complexity index is 5650. The van der Waals surface area contributed by atoms with Crippen LogP contribution in [-0.4, -0.2) is 127 Å². The van der Waals surface area contributed by atoms with E-state index in [1.54, 1.807) is 12.1 Å². The molecule has 0 aliphatic heterocycles. The number of esters is 2. The van der Waals surface area contributed by atoms with Crippen LogP contribution in [0.25, 0.3) is 43.6 Å². The number of hydrogen-bond donors (Lipinski definition) is 6. The number of hydrogen-bond acceptors (Lipinski definition) is 19. The summed E-state index contributed by atoms with van der Waals surface area (Å²) in [4.78, 5) is 102. The largest absolute Gasteiger partial charge is 1.00 e. The summed E-state index contributed by atoms with van der Waals surface area (Å²) in [7, 11) is 2.70. The van der Waals surface area contributed by atoms with Crippen molar-refractivity contribution in [1.82, 2.24) is 18.3 Å². The standard InChI is InChI=1S/C25H28N2O4.2C24H26N2O4.C22H24N2O2.C3H5BrO2.CH2O3.CH4.2Cs.2Na.H2O.H/c1-30-23(29)16-31-21-13-7-12-20-25(21)24-18(14-22(26)28)10-5-6-11-19(24)27(20)15-17-8-3-2-4-9-17;2*25-21(27)13-17-9-4-5-10-18-23(17)24-19(11-6-12-20(24)30-15-22(28)29)26(18)14-16-7-2-1-3-8-16;23-20(26)13-16-9-4-5-10-17-21(16)22-18(11-6-12-19(22)25)24(17)14-15-7-2-1-3-8-15;1-6-3(5)2-4;2-1-4-3;;;;;;;/h2-4,7-9,12-13,18H,5-6,10-11,14-16H2,1H3,(H2,26,28);2*1-3,6-8,11-12,17H,4-5,9-10,13-15H2,(H2,25,27)(H,28,29);1-3,6-8,11-12,16,25H,4-5,9-10,13-14H2,(H2,23,26);2H2,1H3;1,3H;1H4;;;;;1H2;/q;;;;;;;4*+1;;-1/p-3. The van der Waals surface area contributed by atoms with Crippen molar-refractivity contribution in [1.29, 1.82) is 0 Å². The Morgan fingerprint density at radius 1 is 0.414 bits per heavy atom. The third-order valence-corrected chi connectivity index (χ3v) is 23.9. The predicted molar refractivity (Wildman–Crippen MR) is 492 cm³/mol. The van der Waals surface area contributed by atoms with E-state index < -0.39 is 31.1 Å². The van der Waals surface area contributed by atoms with Gasteiger partial charge < -0.3 is 102 Å². The van der Waals surface area contributed by atoms with Crippen LogP contribution in [0.15, 0.2) is 194 Å². The molecule has 8 aromatic carbocycles. The van der Waals surface area contributed by atoms with Crippen LogP contribution in [0.3, 0.4) is 0 Å². The first-order valence-corrected chi connectivity index (χ1v) is 43.9. The van der Waals surface area contributed by atoms with Gasteiger partial charge in [-0.15, -0.1) is 0 Å². The molecule has 16 rings (SSSR count). The maximum atomic E-state index is 11.9. The zero-order valence-electron chi connectivity index (χ0n) is 76.9. The molecule has 133 heavy (non-hydrogen) atoms. The van der Waals surface area contributed by atoms with E-state index in [0.29, 0.717) is 48.9 Å². The van der Waals surface area contributed by atoms with Crippen LogP contribution in [0.2, 0.25) is 0 Å². The quantitative estimate of drug-likeness (QED) is 0.00814. The minimum Gasteiger partial charge on any atom is -1.00 e. The van der Waals surface area contributed by atoms with Crippen LogP contribution in [0.4, 0.5) is 0 Å². The molecule has 4 aromatic heterocycles. The molecule has 0 saturated heterocycles. The average molecular weight is 2140 g/mol. The Kier molecular flexibility index (Phi) is 51.8. The Balaban J connectivity index is 0.000000355. The van der Waals surface area contributed by atoms with Crippen LogP contribution >= 0.6 is 15.9 Å². The van der Waals surface area contributed by atoms with Crippen LogP contribution in [0.5, 0.6) is 23.0 Å². The monoisotopic (exact) mass is 2140 g/mol. The molecule has 12 aromatic rings. The van der Waals surface area contributed by atoms with E-state index in [1.807, 2.05) is 121 Å². The molecule has 0 spiro atoms. The number of phenolic OH excluding ortho intramolecular Hbond substituents is 1. The van der Waals surface area contributed by atoms with Crippen LogP contribution in [-0.2, 0) is 109 Å². The van der Waals surface area contributed by atoms with E-state index in [-0.39, 0.29) is 296 Å². The zero-order valence-corrected chi connectivity index (χ0v) is 94.1. The molecule has 28 nitrogen and oxygen atoms in total. The fourth-order valence-electron chi connectivity index (χ4n) is 18.4. The van der Waals surface area contributed by atoms with Crippen molar-refractivity contribution in [3.63, 3.8) is 0 Å². The Labute approximate surface area is 946 Å². The van der Waals surface area contributed by atoms with Crippen molar-refractivity contribution in [2.24, 2.45) is 22.9 Å². The van der Waals surface area contributed by atoms with Gasteiger partial charge in [0.25, 0.3) is 6.47 Å². The zero-order chi connectivity index (χ0) is 90.5. The summed E-state index contributed by atoms with van der Waals surface area (Å²) in [5.74, 6) is -2.06. The summed E-state index contributed by atoms with van der Waals surface area (Å²) in [5, 5.41) is 43.1. The summed E-state index contributed by atoms with van der Waals surface area (Å²) in [5.41, 5.74) is 40.5. The molecule has 4 aliphatic rings. The van der Waals surface area contributed by atoms with Gasteiger partial charge in [-0.05, 0) is 194 Å². The predicted octanol–water partition coefficient (Wildman–Crippen LogP) is 1.93. The second-order valence-corrected chi connectivity index (χ2v) is 32.5. The van der Waals surface area contributed by atoms with Gasteiger partial charge in [0.05, 0.1) is 42.3 Å². The molecule has 0 radical (unpaired) electrons. The number of phenols is 1. The van der Waals surface area contributed by atoms with Crippen molar-refractivity contribution < 1.29 is 296 Å². The molecule has 686 valence electrons. The van der Waals surface area contributed by atoms with E-state index in [1.165, 1.54) is 59.2 Å². The average Bonchev–Trinajstić information content (AvgIpc) is 1.61. The molecule has 4 atom stereocenters. The number of alkyl halides is 1. The minimum absolute atomic E-state index is 0. The first kappa shape index (κ1) is 116. The molecule has 4 aliphatic carbocycles. The topological polar surface area (TPSA) is 449 Å². The van der Waals surface area contributed by atoms with Crippen molar-refractivity contribution in [3.8, 4) is 23.0 Å². The number of carbonyl (C=O) groups is 9. The van der Waals surface area contributed by atoms with Crippen molar-refractivity contribution in [2.45, 2.75) is 186 Å². The maximum absolute atomic E-state index is 11.9. The first-order valence-electron chi connectivity index (χ1n) is 42.8. The van der Waals surface area contributed by atoms with E-state index in [2.05, 4.69) is 104 Å². The fraction of sp³-hybridized carbons (Fsp3) is 0.350. The van der Waals surface area contributed by atoms with Crippen LogP contribution < -0.4 is 244 Å². The van der Waals surface area contributed by atoms with Crippen molar-refractivity contribution in [3.05, 3.63) is 261 Å². The van der Waals surface area contributed by atoms with Gasteiger partial charge in [0, 0.05) is 96.2 Å². The van der Waals surface area contributed by atoms with E-state index in [9.17, 15) is 48.6 Å². The number of nitrogens with zero attached hydrogens (tertiary/aromatic N) is 4. The number of aliphatic carboxylic acids is 2. The molecule has 4 heterocycles. The number of carboxylic acid groups (broad SMARTS) is 2. The number of amides is 4. The van der Waals surface area contributed by atoms with Gasteiger partial charge in [-0.3, -0.25) is 28.8 Å². The van der Waals surface area contributed by atoms with E-state index in [0.717, 1.165) is 182 Å². The van der Waals surface area contributed by atoms with Gasteiger partial charge in [-0.25, -0.2) is 9.59 Å². The van der Waals surface area contributed by atoms with Crippen LogP contribution in [0, 0.1) is 0 Å². The van der Waals surface area contributed by atoms with Gasteiger partial charge >= 0.3 is 215 Å². The Hall–Kier alpha value is -7.15. The van der Waals surface area contributed by atoms with Gasteiger partial charge in [0.15, 0.2) is 13.2 Å². The Morgan fingerprint density at radius 2 is 0.677 bits per heavy atom. The molecule has 0 fully saturated rings. The van der Waals surface area contributed by atoms with Gasteiger partial charge in [-0.2, -0.15) is 0 Å². The number of aromatic nitrogens is 4. The summed E-state index contributed by atoms with van der Waals surface area (Å²) in [6.07, 6.45) is 16.9. The number of carboxylic acids is 2.